The van der Waals surface area contributed by atoms with Crippen LogP contribution in [0.4, 0.5) is 0 Å². The fourth-order valence-electron chi connectivity index (χ4n) is 4.82. The Morgan fingerprint density at radius 1 is 0.725 bits per heavy atom. The van der Waals surface area contributed by atoms with Crippen LogP contribution < -0.4 is 5.32 Å². The van der Waals surface area contributed by atoms with Crippen molar-refractivity contribution in [1.82, 2.24) is 29.8 Å². The molecular formula is C25H42N6O9. The van der Waals surface area contributed by atoms with Crippen LogP contribution in [0.15, 0.2) is 0 Å². The second kappa shape index (κ2) is 16.2. The number of carboxylic acid groups (broad SMARTS) is 3. The Kier molecular flexibility index (Phi) is 13.4. The van der Waals surface area contributed by atoms with Crippen LogP contribution in [0.2, 0.25) is 0 Å². The van der Waals surface area contributed by atoms with Gasteiger partial charge in [-0.1, -0.05) is 13.8 Å². The zero-order valence-electron chi connectivity index (χ0n) is 23.3. The highest BCUT2D eigenvalue weighted by molar-refractivity contribution is 6.03. The molecule has 3 amide bonds. The van der Waals surface area contributed by atoms with E-state index in [0.29, 0.717) is 26.2 Å². The fourth-order valence-corrected chi connectivity index (χ4v) is 4.82. The summed E-state index contributed by atoms with van der Waals surface area (Å²) >= 11 is 0. The summed E-state index contributed by atoms with van der Waals surface area (Å²) in [6.07, 6.45) is 0.173. The highest BCUT2D eigenvalue weighted by Gasteiger charge is 2.39. The highest BCUT2D eigenvalue weighted by Crippen LogP contribution is 2.25. The lowest BCUT2D eigenvalue weighted by molar-refractivity contribution is -0.140. The number of amides is 3. The number of carbonyl (C=O) groups excluding carboxylic acids is 3. The fraction of sp³-hybridized carbons (Fsp3) is 0.760. The SMILES string of the molecule is CC(C)C1CC(=O)N(CCNC(=O)CN2CCN(CC(=O)O)CCN(CC(=O)O)CCN(CC(=O)O)CC2)C1=O. The van der Waals surface area contributed by atoms with E-state index >= 15 is 0 Å². The summed E-state index contributed by atoms with van der Waals surface area (Å²) in [6.45, 7) is 5.55. The Labute approximate surface area is 233 Å². The van der Waals surface area contributed by atoms with Crippen molar-refractivity contribution >= 4 is 35.6 Å². The number of likely N-dealkylation sites (tertiary alicyclic amines) is 1. The van der Waals surface area contributed by atoms with Gasteiger partial charge < -0.3 is 20.6 Å². The number of nitrogens with one attached hydrogen (secondary N) is 1. The minimum absolute atomic E-state index is 0.0382. The van der Waals surface area contributed by atoms with E-state index in [1.54, 1.807) is 19.6 Å². The third-order valence-corrected chi connectivity index (χ3v) is 7.11. The number of aliphatic carboxylic acids is 3. The Hall–Kier alpha value is -3.14. The monoisotopic (exact) mass is 570 g/mol. The predicted octanol–water partition coefficient (Wildman–Crippen LogP) is -2.39. The van der Waals surface area contributed by atoms with Gasteiger partial charge >= 0.3 is 17.9 Å². The van der Waals surface area contributed by atoms with Crippen LogP contribution in [-0.4, -0.2) is 167 Å². The second-order valence-corrected chi connectivity index (χ2v) is 10.6. The van der Waals surface area contributed by atoms with Gasteiger partial charge in [0.25, 0.3) is 0 Å². The van der Waals surface area contributed by atoms with Crippen LogP contribution in [0.25, 0.3) is 0 Å². The Balaban J connectivity index is 2.01. The van der Waals surface area contributed by atoms with Gasteiger partial charge in [-0.25, -0.2) is 0 Å². The molecular weight excluding hydrogens is 528 g/mol. The van der Waals surface area contributed by atoms with Crippen molar-refractivity contribution in [3.8, 4) is 0 Å². The molecule has 2 rings (SSSR count). The van der Waals surface area contributed by atoms with E-state index in [1.165, 1.54) is 4.90 Å². The molecule has 0 radical (unpaired) electrons. The predicted molar refractivity (Wildman–Crippen MR) is 141 cm³/mol. The molecule has 0 spiro atoms. The summed E-state index contributed by atoms with van der Waals surface area (Å²) in [6, 6.07) is 0. The zero-order valence-corrected chi connectivity index (χ0v) is 23.3. The first kappa shape index (κ1) is 33.1. The molecule has 15 nitrogen and oxygen atoms in total. The average Bonchev–Trinajstić information content (AvgIpc) is 3.13. The van der Waals surface area contributed by atoms with E-state index in [9.17, 15) is 44.1 Å². The molecule has 15 heteroatoms. The molecule has 40 heavy (non-hydrogen) atoms. The minimum atomic E-state index is -1.03. The van der Waals surface area contributed by atoms with Crippen LogP contribution in [0, 0.1) is 11.8 Å². The van der Waals surface area contributed by atoms with Gasteiger partial charge in [0.1, 0.15) is 0 Å². The molecule has 4 N–H and O–H groups in total. The normalized spacial score (nSPS) is 21.3. The van der Waals surface area contributed by atoms with E-state index in [-0.39, 0.29) is 101 Å². The standard InChI is InChI=1S/C25H42N6O9/c1-18(2)19-13-21(33)31(25(19)40)4-3-26-20(32)14-27-5-7-28(15-22(34)35)9-11-30(17-24(38)39)12-10-29(8-6-27)16-23(36)37/h18-19H,3-17H2,1-2H3,(H,26,32)(H,34,35)(H,36,37)(H,38,39). The van der Waals surface area contributed by atoms with Gasteiger partial charge in [-0.3, -0.25) is 53.3 Å². The molecule has 0 bridgehead atoms. The Morgan fingerprint density at radius 2 is 1.10 bits per heavy atom. The van der Waals surface area contributed by atoms with Crippen LogP contribution in [-0.2, 0) is 28.8 Å². The van der Waals surface area contributed by atoms with Crippen molar-refractivity contribution in [1.29, 1.82) is 0 Å². The van der Waals surface area contributed by atoms with E-state index in [4.69, 9.17) is 0 Å². The van der Waals surface area contributed by atoms with Gasteiger partial charge in [-0.15, -0.1) is 0 Å². The van der Waals surface area contributed by atoms with E-state index in [1.807, 2.05) is 13.8 Å². The summed E-state index contributed by atoms with van der Waals surface area (Å²) in [4.78, 5) is 79.5. The summed E-state index contributed by atoms with van der Waals surface area (Å²) in [5.41, 5.74) is 0. The van der Waals surface area contributed by atoms with Gasteiger partial charge in [-0.05, 0) is 5.92 Å². The third-order valence-electron chi connectivity index (χ3n) is 7.11. The van der Waals surface area contributed by atoms with E-state index in [0.717, 1.165) is 0 Å². The number of hydrogen-bond donors (Lipinski definition) is 4. The number of hydrogen-bond acceptors (Lipinski definition) is 10. The molecule has 0 aromatic heterocycles. The topological polar surface area (TPSA) is 191 Å². The van der Waals surface area contributed by atoms with Crippen molar-refractivity contribution in [2.75, 3.05) is 91.6 Å². The number of carbonyl (C=O) groups is 6. The number of rotatable bonds is 12. The quantitative estimate of drug-likeness (QED) is 0.182. The smallest absolute Gasteiger partial charge is 0.317 e. The lowest BCUT2D eigenvalue weighted by atomic mass is 9.94. The Bertz CT molecular complexity index is 898. The highest BCUT2D eigenvalue weighted by atomic mass is 16.4. The van der Waals surface area contributed by atoms with Crippen LogP contribution in [0.3, 0.4) is 0 Å². The van der Waals surface area contributed by atoms with Gasteiger partial charge in [0.05, 0.1) is 26.2 Å². The summed E-state index contributed by atoms with van der Waals surface area (Å²) < 4.78 is 0. The lowest BCUT2D eigenvalue weighted by Crippen LogP contribution is -2.50. The second-order valence-electron chi connectivity index (χ2n) is 10.6. The maximum Gasteiger partial charge on any atom is 0.317 e. The van der Waals surface area contributed by atoms with Crippen molar-refractivity contribution in [2.24, 2.45) is 11.8 Å². The van der Waals surface area contributed by atoms with E-state index < -0.39 is 17.9 Å². The molecule has 0 saturated carbocycles. The molecule has 0 aromatic carbocycles. The zero-order chi connectivity index (χ0) is 29.8. The molecule has 0 aromatic rings. The maximum absolute atomic E-state index is 12.7. The largest absolute Gasteiger partial charge is 0.480 e. The van der Waals surface area contributed by atoms with Crippen LogP contribution in [0.1, 0.15) is 20.3 Å². The van der Waals surface area contributed by atoms with Gasteiger partial charge in [0.2, 0.25) is 17.7 Å². The minimum Gasteiger partial charge on any atom is -0.480 e. The molecule has 2 aliphatic rings. The number of nitrogens with zero attached hydrogens (tertiary/aromatic N) is 5. The summed E-state index contributed by atoms with van der Waals surface area (Å²) in [5, 5.41) is 30.6. The molecule has 1 unspecified atom stereocenters. The molecule has 2 aliphatic heterocycles. The first-order valence-electron chi connectivity index (χ1n) is 13.5. The summed E-state index contributed by atoms with van der Waals surface area (Å²) in [7, 11) is 0. The van der Waals surface area contributed by atoms with Gasteiger partial charge in [0, 0.05) is 77.8 Å². The molecule has 1 atom stereocenters. The third kappa shape index (κ3) is 11.5. The Morgan fingerprint density at radius 3 is 1.43 bits per heavy atom. The van der Waals surface area contributed by atoms with Crippen LogP contribution >= 0.6 is 0 Å². The van der Waals surface area contributed by atoms with Gasteiger partial charge in [-0.2, -0.15) is 0 Å². The van der Waals surface area contributed by atoms with Crippen LogP contribution in [0.5, 0.6) is 0 Å². The van der Waals surface area contributed by atoms with Crippen molar-refractivity contribution in [3.05, 3.63) is 0 Å². The first-order chi connectivity index (χ1) is 18.8. The van der Waals surface area contributed by atoms with Crippen molar-refractivity contribution < 1.29 is 44.1 Å². The molecule has 2 heterocycles. The average molecular weight is 571 g/mol. The summed E-state index contributed by atoms with van der Waals surface area (Å²) in [5.74, 6) is -4.20. The number of imide groups is 1. The molecule has 0 aliphatic carbocycles. The van der Waals surface area contributed by atoms with Crippen molar-refractivity contribution in [2.45, 2.75) is 20.3 Å². The van der Waals surface area contributed by atoms with Gasteiger partial charge in [0.15, 0.2) is 0 Å². The maximum atomic E-state index is 12.7. The van der Waals surface area contributed by atoms with E-state index in [2.05, 4.69) is 5.32 Å². The lowest BCUT2D eigenvalue weighted by Gasteiger charge is -2.32. The van der Waals surface area contributed by atoms with Crippen molar-refractivity contribution in [3.63, 3.8) is 0 Å². The number of carboxylic acids is 3. The molecule has 2 fully saturated rings. The first-order valence-corrected chi connectivity index (χ1v) is 13.5. The molecule has 226 valence electrons. The molecule has 2 saturated heterocycles.